The lowest BCUT2D eigenvalue weighted by Gasteiger charge is -2.18. The summed E-state index contributed by atoms with van der Waals surface area (Å²) in [5.41, 5.74) is 10.7. The summed E-state index contributed by atoms with van der Waals surface area (Å²) in [7, 11) is 1.21. The van der Waals surface area contributed by atoms with Crippen molar-refractivity contribution in [1.29, 1.82) is 0 Å². The van der Waals surface area contributed by atoms with Gasteiger partial charge < -0.3 is 26.6 Å². The van der Waals surface area contributed by atoms with Gasteiger partial charge in [-0.2, -0.15) is 0 Å². The second-order valence-electron chi connectivity index (χ2n) is 4.07. The fraction of sp³-hybridized carbons (Fsp3) is 0.727. The van der Waals surface area contributed by atoms with E-state index in [4.69, 9.17) is 16.6 Å². The van der Waals surface area contributed by atoms with Crippen molar-refractivity contribution in [3.05, 3.63) is 0 Å². The number of carboxylic acids is 1. The van der Waals surface area contributed by atoms with Gasteiger partial charge in [-0.05, 0) is 25.8 Å². The molecule has 0 aromatic rings. The maximum atomic E-state index is 11.6. The van der Waals surface area contributed by atoms with Crippen LogP contribution in [0.3, 0.4) is 0 Å². The van der Waals surface area contributed by atoms with Gasteiger partial charge in [0.25, 0.3) is 0 Å². The van der Waals surface area contributed by atoms with Crippen LogP contribution in [-0.2, 0) is 19.1 Å². The molecule has 0 bridgehead atoms. The summed E-state index contributed by atoms with van der Waals surface area (Å²) in [6.07, 6.45) is 1.23. The summed E-state index contributed by atoms with van der Waals surface area (Å²) in [5.74, 6) is -2.46. The van der Waals surface area contributed by atoms with Crippen LogP contribution in [0.4, 0.5) is 0 Å². The number of amides is 1. The fourth-order valence-corrected chi connectivity index (χ4v) is 1.44. The Morgan fingerprint density at radius 1 is 1.32 bits per heavy atom. The third kappa shape index (κ3) is 7.37. The van der Waals surface area contributed by atoms with Gasteiger partial charge in [0.1, 0.15) is 6.04 Å². The van der Waals surface area contributed by atoms with Crippen molar-refractivity contribution < 1.29 is 24.2 Å². The van der Waals surface area contributed by atoms with Gasteiger partial charge in [-0.1, -0.05) is 0 Å². The second kappa shape index (κ2) is 9.29. The summed E-state index contributed by atoms with van der Waals surface area (Å²) in [5, 5.41) is 10.9. The number of ether oxygens (including phenoxy) is 1. The SMILES string of the molecule is COC(=O)[C@H](CCCCN)NC(=O)[C@@H](N)CC(=O)O. The Kier molecular flexibility index (Phi) is 8.47. The number of methoxy groups -OCH3 is 1. The third-order valence-electron chi connectivity index (χ3n) is 2.48. The van der Waals surface area contributed by atoms with E-state index < -0.39 is 36.4 Å². The van der Waals surface area contributed by atoms with Crippen LogP contribution in [0.1, 0.15) is 25.7 Å². The minimum atomic E-state index is -1.20. The second-order valence-corrected chi connectivity index (χ2v) is 4.07. The van der Waals surface area contributed by atoms with Crippen molar-refractivity contribution in [1.82, 2.24) is 5.32 Å². The van der Waals surface area contributed by atoms with Gasteiger partial charge in [0.15, 0.2) is 0 Å². The van der Waals surface area contributed by atoms with Crippen molar-refractivity contribution in [3.63, 3.8) is 0 Å². The molecule has 0 fully saturated rings. The minimum Gasteiger partial charge on any atom is -0.481 e. The van der Waals surface area contributed by atoms with E-state index in [-0.39, 0.29) is 0 Å². The lowest BCUT2D eigenvalue weighted by atomic mass is 10.1. The molecule has 0 rings (SSSR count). The maximum absolute atomic E-state index is 11.6. The fourth-order valence-electron chi connectivity index (χ4n) is 1.44. The van der Waals surface area contributed by atoms with Crippen LogP contribution in [0.15, 0.2) is 0 Å². The molecule has 0 aliphatic rings. The van der Waals surface area contributed by atoms with Gasteiger partial charge in [0, 0.05) is 0 Å². The average molecular weight is 275 g/mol. The molecular weight excluding hydrogens is 254 g/mol. The predicted octanol–water partition coefficient (Wildman–Crippen LogP) is -1.42. The summed E-state index contributed by atoms with van der Waals surface area (Å²) in [4.78, 5) is 33.5. The topological polar surface area (TPSA) is 145 Å². The normalized spacial score (nSPS) is 13.4. The average Bonchev–Trinajstić information content (AvgIpc) is 2.35. The monoisotopic (exact) mass is 275 g/mol. The molecule has 0 aromatic carbocycles. The van der Waals surface area contributed by atoms with E-state index in [1.165, 1.54) is 7.11 Å². The quantitative estimate of drug-likeness (QED) is 0.298. The number of unbranched alkanes of at least 4 members (excludes halogenated alkanes) is 1. The Morgan fingerprint density at radius 2 is 1.95 bits per heavy atom. The highest BCUT2D eigenvalue weighted by atomic mass is 16.5. The molecule has 1 amide bonds. The molecule has 110 valence electrons. The van der Waals surface area contributed by atoms with Gasteiger partial charge in [-0.3, -0.25) is 9.59 Å². The van der Waals surface area contributed by atoms with Crippen molar-refractivity contribution in [2.24, 2.45) is 11.5 Å². The highest BCUT2D eigenvalue weighted by Gasteiger charge is 2.25. The minimum absolute atomic E-state index is 0.370. The first-order valence-corrected chi connectivity index (χ1v) is 5.98. The van der Waals surface area contributed by atoms with Crippen LogP contribution in [0.25, 0.3) is 0 Å². The van der Waals surface area contributed by atoms with E-state index in [0.717, 1.165) is 0 Å². The lowest BCUT2D eigenvalue weighted by Crippen LogP contribution is -2.49. The Morgan fingerprint density at radius 3 is 2.42 bits per heavy atom. The molecule has 19 heavy (non-hydrogen) atoms. The molecule has 0 aliphatic heterocycles. The number of carbonyl (C=O) groups is 3. The summed E-state index contributed by atoms with van der Waals surface area (Å²) < 4.78 is 4.56. The van der Waals surface area contributed by atoms with Gasteiger partial charge in [0.2, 0.25) is 5.91 Å². The number of aliphatic carboxylic acids is 1. The van der Waals surface area contributed by atoms with Gasteiger partial charge in [0.05, 0.1) is 19.6 Å². The number of carboxylic acid groups (broad SMARTS) is 1. The number of esters is 1. The van der Waals surface area contributed by atoms with Crippen LogP contribution in [0, 0.1) is 0 Å². The number of hydrogen-bond donors (Lipinski definition) is 4. The van der Waals surface area contributed by atoms with E-state index in [1.54, 1.807) is 0 Å². The first kappa shape index (κ1) is 17.3. The zero-order valence-electron chi connectivity index (χ0n) is 10.9. The molecule has 6 N–H and O–H groups in total. The molecule has 8 heteroatoms. The summed E-state index contributed by atoms with van der Waals surface area (Å²) in [6, 6.07) is -2.02. The van der Waals surface area contributed by atoms with Crippen LogP contribution < -0.4 is 16.8 Å². The molecule has 0 heterocycles. The van der Waals surface area contributed by atoms with Crippen molar-refractivity contribution in [3.8, 4) is 0 Å². The van der Waals surface area contributed by atoms with E-state index in [0.29, 0.717) is 25.8 Å². The Hall–Kier alpha value is -1.67. The number of rotatable bonds is 9. The molecule has 2 atom stereocenters. The predicted molar refractivity (Wildman–Crippen MR) is 67.1 cm³/mol. The molecule has 0 radical (unpaired) electrons. The standard InChI is InChI=1S/C11H21N3O5/c1-19-11(18)8(4-2-3-5-12)14-10(17)7(13)6-9(15)16/h7-8H,2-6,12-13H2,1H3,(H,14,17)(H,15,16)/t7-,8-/m0/s1. The molecule has 8 nitrogen and oxygen atoms in total. The van der Waals surface area contributed by atoms with Gasteiger partial charge in [-0.15, -0.1) is 0 Å². The lowest BCUT2D eigenvalue weighted by molar-refractivity contribution is -0.145. The van der Waals surface area contributed by atoms with E-state index in [2.05, 4.69) is 10.1 Å². The van der Waals surface area contributed by atoms with Crippen LogP contribution in [-0.4, -0.2) is 48.7 Å². The first-order chi connectivity index (χ1) is 8.92. The van der Waals surface area contributed by atoms with E-state index in [9.17, 15) is 14.4 Å². The van der Waals surface area contributed by atoms with Crippen molar-refractivity contribution in [2.75, 3.05) is 13.7 Å². The number of nitrogens with two attached hydrogens (primary N) is 2. The highest BCUT2D eigenvalue weighted by Crippen LogP contribution is 2.03. The van der Waals surface area contributed by atoms with Crippen LogP contribution in [0.5, 0.6) is 0 Å². The molecule has 0 aromatic heterocycles. The molecule has 0 saturated carbocycles. The number of hydrogen-bond acceptors (Lipinski definition) is 6. The Balaban J connectivity index is 4.41. The summed E-state index contributed by atoms with van der Waals surface area (Å²) in [6.45, 7) is 0.486. The zero-order valence-corrected chi connectivity index (χ0v) is 10.9. The largest absolute Gasteiger partial charge is 0.481 e. The maximum Gasteiger partial charge on any atom is 0.328 e. The van der Waals surface area contributed by atoms with Gasteiger partial charge in [-0.25, -0.2) is 4.79 Å². The van der Waals surface area contributed by atoms with Crippen molar-refractivity contribution in [2.45, 2.75) is 37.8 Å². The number of carbonyl (C=O) groups excluding carboxylic acids is 2. The van der Waals surface area contributed by atoms with Crippen LogP contribution in [0.2, 0.25) is 0 Å². The molecule has 0 saturated heterocycles. The summed E-state index contributed by atoms with van der Waals surface area (Å²) >= 11 is 0. The van der Waals surface area contributed by atoms with Gasteiger partial charge >= 0.3 is 11.9 Å². The van der Waals surface area contributed by atoms with E-state index >= 15 is 0 Å². The Labute approximate surface area is 111 Å². The molecule has 0 aliphatic carbocycles. The van der Waals surface area contributed by atoms with Crippen molar-refractivity contribution >= 4 is 17.8 Å². The van der Waals surface area contributed by atoms with E-state index in [1.807, 2.05) is 0 Å². The smallest absolute Gasteiger partial charge is 0.328 e. The third-order valence-corrected chi connectivity index (χ3v) is 2.48. The molecule has 0 spiro atoms. The molecule has 0 unspecified atom stereocenters. The highest BCUT2D eigenvalue weighted by molar-refractivity contribution is 5.89. The molecular formula is C11H21N3O5. The number of nitrogens with one attached hydrogen (secondary N) is 1. The van der Waals surface area contributed by atoms with Crippen LogP contribution >= 0.6 is 0 Å². The Bertz CT molecular complexity index is 321. The zero-order chi connectivity index (χ0) is 14.8. The first-order valence-electron chi connectivity index (χ1n) is 5.98.